The molecule has 5 heteroatoms. The van der Waals surface area contributed by atoms with Gasteiger partial charge in [-0.3, -0.25) is 4.79 Å². The van der Waals surface area contributed by atoms with Crippen LogP contribution in [0, 0.1) is 0 Å². The molecule has 0 spiro atoms. The fourth-order valence-electron chi connectivity index (χ4n) is 3.23. The Labute approximate surface area is 132 Å². The fourth-order valence-corrected chi connectivity index (χ4v) is 3.23. The number of nitrogens with zero attached hydrogens (tertiary/aromatic N) is 1. The maximum Gasteiger partial charge on any atom is 0.239 e. The number of morpholine rings is 1. The van der Waals surface area contributed by atoms with Crippen LogP contribution in [0.25, 0.3) is 0 Å². The molecule has 120 valence electrons. The number of para-hydroxylation sites is 2. The van der Waals surface area contributed by atoms with Gasteiger partial charge in [-0.1, -0.05) is 25.0 Å². The van der Waals surface area contributed by atoms with Crippen LogP contribution in [0.15, 0.2) is 24.3 Å². The Morgan fingerprint density at radius 2 is 1.91 bits per heavy atom. The monoisotopic (exact) mass is 303 g/mol. The van der Waals surface area contributed by atoms with Gasteiger partial charge in [0.1, 0.15) is 0 Å². The number of carbonyl (C=O) groups excluding carboxylic acids is 1. The van der Waals surface area contributed by atoms with E-state index in [1.54, 1.807) is 0 Å². The number of nitrogens with one attached hydrogen (secondary N) is 2. The highest BCUT2D eigenvalue weighted by Gasteiger charge is 2.18. The molecule has 0 bridgehead atoms. The highest BCUT2D eigenvalue weighted by atomic mass is 16.5. The van der Waals surface area contributed by atoms with E-state index in [-0.39, 0.29) is 5.91 Å². The van der Waals surface area contributed by atoms with Crippen molar-refractivity contribution in [2.75, 3.05) is 43.1 Å². The van der Waals surface area contributed by atoms with Crippen LogP contribution in [0.4, 0.5) is 11.4 Å². The van der Waals surface area contributed by atoms with Crippen molar-refractivity contribution >= 4 is 17.3 Å². The average molecular weight is 303 g/mol. The Balaban J connectivity index is 1.56. The van der Waals surface area contributed by atoms with Gasteiger partial charge in [0.25, 0.3) is 0 Å². The standard InChI is InChI=1S/C17H25N3O2/c21-17(19-14-5-1-2-6-14)13-18-15-7-3-4-8-16(15)20-9-11-22-12-10-20/h3-4,7-8,14,18H,1-2,5-6,9-13H2,(H,19,21). The molecule has 2 N–H and O–H groups in total. The number of hydrogen-bond donors (Lipinski definition) is 2. The van der Waals surface area contributed by atoms with Gasteiger partial charge >= 0.3 is 0 Å². The minimum Gasteiger partial charge on any atom is -0.378 e. The maximum atomic E-state index is 12.1. The second kappa shape index (κ2) is 7.49. The summed E-state index contributed by atoms with van der Waals surface area (Å²) in [5.74, 6) is 0.0867. The summed E-state index contributed by atoms with van der Waals surface area (Å²) in [6.45, 7) is 3.64. The molecule has 1 aliphatic heterocycles. The second-order valence-corrected chi connectivity index (χ2v) is 6.02. The van der Waals surface area contributed by atoms with Crippen molar-refractivity contribution in [2.24, 2.45) is 0 Å². The molecule has 22 heavy (non-hydrogen) atoms. The molecular weight excluding hydrogens is 278 g/mol. The van der Waals surface area contributed by atoms with Crippen LogP contribution in [-0.4, -0.2) is 44.8 Å². The van der Waals surface area contributed by atoms with Crippen molar-refractivity contribution in [1.82, 2.24) is 5.32 Å². The highest BCUT2D eigenvalue weighted by Crippen LogP contribution is 2.26. The lowest BCUT2D eigenvalue weighted by Gasteiger charge is -2.30. The van der Waals surface area contributed by atoms with Crippen LogP contribution < -0.4 is 15.5 Å². The Hall–Kier alpha value is -1.75. The first kappa shape index (κ1) is 15.2. The topological polar surface area (TPSA) is 53.6 Å². The molecule has 0 aromatic heterocycles. The summed E-state index contributed by atoms with van der Waals surface area (Å²) in [4.78, 5) is 14.4. The lowest BCUT2D eigenvalue weighted by molar-refractivity contribution is -0.120. The summed E-state index contributed by atoms with van der Waals surface area (Å²) in [5, 5.41) is 6.40. The quantitative estimate of drug-likeness (QED) is 0.873. The largest absolute Gasteiger partial charge is 0.378 e. The first-order valence-electron chi connectivity index (χ1n) is 8.28. The van der Waals surface area contributed by atoms with E-state index in [2.05, 4.69) is 21.6 Å². The maximum absolute atomic E-state index is 12.1. The molecule has 3 rings (SSSR count). The van der Waals surface area contributed by atoms with Crippen LogP contribution in [0.2, 0.25) is 0 Å². The molecule has 1 amide bonds. The van der Waals surface area contributed by atoms with E-state index >= 15 is 0 Å². The van der Waals surface area contributed by atoms with Crippen LogP contribution in [0.3, 0.4) is 0 Å². The number of carbonyl (C=O) groups is 1. The number of rotatable bonds is 5. The predicted octanol–water partition coefficient (Wildman–Crippen LogP) is 1.99. The number of hydrogen-bond acceptors (Lipinski definition) is 4. The number of benzene rings is 1. The van der Waals surface area contributed by atoms with E-state index in [1.165, 1.54) is 12.8 Å². The zero-order valence-corrected chi connectivity index (χ0v) is 13.0. The van der Waals surface area contributed by atoms with Gasteiger partial charge in [0, 0.05) is 19.1 Å². The zero-order valence-electron chi connectivity index (χ0n) is 13.0. The van der Waals surface area contributed by atoms with Crippen LogP contribution in [0.1, 0.15) is 25.7 Å². The lowest BCUT2D eigenvalue weighted by Crippen LogP contribution is -2.38. The Kier molecular flexibility index (Phi) is 5.16. The van der Waals surface area contributed by atoms with Gasteiger partial charge in [-0.15, -0.1) is 0 Å². The van der Waals surface area contributed by atoms with Crippen molar-refractivity contribution in [3.63, 3.8) is 0 Å². The molecule has 1 saturated heterocycles. The summed E-state index contributed by atoms with van der Waals surface area (Å²) < 4.78 is 5.41. The van der Waals surface area contributed by atoms with Crippen LogP contribution >= 0.6 is 0 Å². The van der Waals surface area contributed by atoms with Gasteiger partial charge in [0.15, 0.2) is 0 Å². The first-order chi connectivity index (χ1) is 10.8. The molecule has 2 fully saturated rings. The van der Waals surface area contributed by atoms with Crippen LogP contribution in [0.5, 0.6) is 0 Å². The van der Waals surface area contributed by atoms with Crippen molar-refractivity contribution in [3.8, 4) is 0 Å². The van der Waals surface area contributed by atoms with Crippen molar-refractivity contribution in [1.29, 1.82) is 0 Å². The summed E-state index contributed by atoms with van der Waals surface area (Å²) in [6, 6.07) is 8.55. The Morgan fingerprint density at radius 1 is 1.18 bits per heavy atom. The van der Waals surface area contributed by atoms with Crippen molar-refractivity contribution in [2.45, 2.75) is 31.7 Å². The average Bonchev–Trinajstić information content (AvgIpc) is 3.07. The highest BCUT2D eigenvalue weighted by molar-refractivity contribution is 5.83. The molecule has 1 aromatic carbocycles. The molecule has 0 atom stereocenters. The molecule has 1 saturated carbocycles. The third-order valence-corrected chi connectivity index (χ3v) is 4.42. The van der Waals surface area contributed by atoms with E-state index in [0.717, 1.165) is 50.5 Å². The zero-order chi connectivity index (χ0) is 15.2. The minimum atomic E-state index is 0.0867. The third kappa shape index (κ3) is 3.91. The smallest absolute Gasteiger partial charge is 0.239 e. The predicted molar refractivity (Wildman–Crippen MR) is 88.4 cm³/mol. The van der Waals surface area contributed by atoms with Gasteiger partial charge < -0.3 is 20.3 Å². The Morgan fingerprint density at radius 3 is 2.68 bits per heavy atom. The van der Waals surface area contributed by atoms with E-state index in [4.69, 9.17) is 4.74 Å². The molecule has 1 aliphatic carbocycles. The van der Waals surface area contributed by atoms with Gasteiger partial charge in [-0.05, 0) is 25.0 Å². The molecule has 5 nitrogen and oxygen atoms in total. The van der Waals surface area contributed by atoms with Crippen LogP contribution in [-0.2, 0) is 9.53 Å². The normalized spacial score (nSPS) is 19.2. The summed E-state index contributed by atoms with van der Waals surface area (Å²) in [5.41, 5.74) is 2.17. The number of ether oxygens (including phenoxy) is 1. The molecule has 1 heterocycles. The van der Waals surface area contributed by atoms with E-state index in [0.29, 0.717) is 12.6 Å². The summed E-state index contributed by atoms with van der Waals surface area (Å²) >= 11 is 0. The molecular formula is C17H25N3O2. The second-order valence-electron chi connectivity index (χ2n) is 6.02. The minimum absolute atomic E-state index is 0.0867. The van der Waals surface area contributed by atoms with Gasteiger partial charge in [-0.25, -0.2) is 0 Å². The van der Waals surface area contributed by atoms with E-state index < -0.39 is 0 Å². The summed E-state index contributed by atoms with van der Waals surface area (Å²) in [7, 11) is 0. The van der Waals surface area contributed by atoms with Gasteiger partial charge in [0.05, 0.1) is 31.1 Å². The molecule has 0 radical (unpaired) electrons. The lowest BCUT2D eigenvalue weighted by atomic mass is 10.2. The fraction of sp³-hybridized carbons (Fsp3) is 0.588. The number of anilines is 2. The Bertz CT molecular complexity index is 494. The van der Waals surface area contributed by atoms with E-state index in [1.807, 2.05) is 18.2 Å². The molecule has 2 aliphatic rings. The number of amides is 1. The van der Waals surface area contributed by atoms with Crippen molar-refractivity contribution < 1.29 is 9.53 Å². The van der Waals surface area contributed by atoms with Gasteiger partial charge in [-0.2, -0.15) is 0 Å². The first-order valence-corrected chi connectivity index (χ1v) is 8.28. The molecule has 0 unspecified atom stereocenters. The van der Waals surface area contributed by atoms with Gasteiger partial charge in [0.2, 0.25) is 5.91 Å². The van der Waals surface area contributed by atoms with Crippen molar-refractivity contribution in [3.05, 3.63) is 24.3 Å². The summed E-state index contributed by atoms with van der Waals surface area (Å²) in [6.07, 6.45) is 4.71. The SMILES string of the molecule is O=C(CNc1ccccc1N1CCOCC1)NC1CCCC1. The molecule has 1 aromatic rings. The third-order valence-electron chi connectivity index (χ3n) is 4.42. The van der Waals surface area contributed by atoms with E-state index in [9.17, 15) is 4.79 Å².